The third-order valence-corrected chi connectivity index (χ3v) is 3.26. The fraction of sp³-hybridized carbons (Fsp3) is 0.333. The molecule has 1 heterocycles. The summed E-state index contributed by atoms with van der Waals surface area (Å²) in [6.07, 6.45) is 4.60. The topological polar surface area (TPSA) is 37.8 Å². The number of halogens is 1. The Morgan fingerprint density at radius 2 is 2.11 bits per heavy atom. The Morgan fingerprint density at radius 3 is 2.74 bits per heavy atom. The molecule has 0 saturated carbocycles. The maximum Gasteiger partial charge on any atom is 0.0724 e. The first-order valence-electron chi connectivity index (χ1n) is 6.45. The van der Waals surface area contributed by atoms with Crippen LogP contribution in [0.2, 0.25) is 5.02 Å². The van der Waals surface area contributed by atoms with Crippen molar-refractivity contribution in [3.05, 3.63) is 58.6 Å². The summed E-state index contributed by atoms with van der Waals surface area (Å²) in [5, 5.41) is 4.26. The molecule has 0 bridgehead atoms. The van der Waals surface area contributed by atoms with Crippen LogP contribution < -0.4 is 5.32 Å². The fourth-order valence-corrected chi connectivity index (χ4v) is 2.16. The predicted molar refractivity (Wildman–Crippen MR) is 78.1 cm³/mol. The summed E-state index contributed by atoms with van der Waals surface area (Å²) < 4.78 is 0. The maximum absolute atomic E-state index is 6.03. The molecule has 2 aromatic rings. The van der Waals surface area contributed by atoms with Gasteiger partial charge in [0, 0.05) is 30.0 Å². The summed E-state index contributed by atoms with van der Waals surface area (Å²) in [5.41, 5.74) is 3.09. The molecule has 1 aromatic heterocycles. The number of nitrogens with zero attached hydrogens (tertiary/aromatic N) is 2. The SMILES string of the molecule is CCC(NCc1cnc(C)cn1)c1cccc(Cl)c1. The van der Waals surface area contributed by atoms with E-state index >= 15 is 0 Å². The highest BCUT2D eigenvalue weighted by Crippen LogP contribution is 2.20. The van der Waals surface area contributed by atoms with E-state index < -0.39 is 0 Å². The molecular formula is C15H18ClN3. The highest BCUT2D eigenvalue weighted by Gasteiger charge is 2.09. The van der Waals surface area contributed by atoms with E-state index in [0.717, 1.165) is 22.8 Å². The molecule has 0 radical (unpaired) electrons. The molecule has 4 heteroatoms. The second-order valence-electron chi connectivity index (χ2n) is 4.55. The van der Waals surface area contributed by atoms with Crippen LogP contribution in [0.1, 0.15) is 36.3 Å². The molecule has 0 saturated heterocycles. The lowest BCUT2D eigenvalue weighted by atomic mass is 10.0. The first-order valence-corrected chi connectivity index (χ1v) is 6.83. The number of benzene rings is 1. The van der Waals surface area contributed by atoms with Gasteiger partial charge in [-0.25, -0.2) is 0 Å². The van der Waals surface area contributed by atoms with Gasteiger partial charge in [-0.05, 0) is 31.0 Å². The fourth-order valence-electron chi connectivity index (χ4n) is 1.96. The Balaban J connectivity index is 2.01. The Bertz CT molecular complexity index is 525. The number of nitrogens with one attached hydrogen (secondary N) is 1. The predicted octanol–water partition coefficient (Wildman–Crippen LogP) is 3.68. The standard InChI is InChI=1S/C15H18ClN3/c1-3-15(12-5-4-6-13(16)7-12)19-10-14-9-17-11(2)8-18-14/h4-9,15,19H,3,10H2,1-2H3. The van der Waals surface area contributed by atoms with Crippen LogP contribution in [0.4, 0.5) is 0 Å². The van der Waals surface area contributed by atoms with Crippen LogP contribution in [0, 0.1) is 6.92 Å². The average molecular weight is 276 g/mol. The molecule has 3 nitrogen and oxygen atoms in total. The molecule has 0 aliphatic heterocycles. The van der Waals surface area contributed by atoms with Crippen molar-refractivity contribution in [3.8, 4) is 0 Å². The van der Waals surface area contributed by atoms with Crippen LogP contribution >= 0.6 is 11.6 Å². The van der Waals surface area contributed by atoms with Crippen LogP contribution in [0.3, 0.4) is 0 Å². The van der Waals surface area contributed by atoms with Crippen molar-refractivity contribution in [1.29, 1.82) is 0 Å². The Kier molecular flexibility index (Phi) is 4.88. The van der Waals surface area contributed by atoms with Gasteiger partial charge in [0.05, 0.1) is 11.4 Å². The zero-order valence-corrected chi connectivity index (χ0v) is 12.0. The van der Waals surface area contributed by atoms with E-state index in [4.69, 9.17) is 11.6 Å². The van der Waals surface area contributed by atoms with Gasteiger partial charge in [-0.15, -0.1) is 0 Å². The van der Waals surface area contributed by atoms with E-state index in [1.54, 1.807) is 6.20 Å². The average Bonchev–Trinajstić information content (AvgIpc) is 2.42. The summed E-state index contributed by atoms with van der Waals surface area (Å²) >= 11 is 6.03. The minimum atomic E-state index is 0.279. The Hall–Kier alpha value is -1.45. The lowest BCUT2D eigenvalue weighted by Gasteiger charge is -2.17. The zero-order chi connectivity index (χ0) is 13.7. The van der Waals surface area contributed by atoms with Gasteiger partial charge in [0.1, 0.15) is 0 Å². The van der Waals surface area contributed by atoms with Gasteiger partial charge < -0.3 is 5.32 Å². The molecule has 19 heavy (non-hydrogen) atoms. The van der Waals surface area contributed by atoms with Gasteiger partial charge in [0.15, 0.2) is 0 Å². The van der Waals surface area contributed by atoms with Gasteiger partial charge >= 0.3 is 0 Å². The maximum atomic E-state index is 6.03. The van der Waals surface area contributed by atoms with Crippen molar-refractivity contribution in [3.63, 3.8) is 0 Å². The molecule has 1 aromatic carbocycles. The number of rotatable bonds is 5. The third-order valence-electron chi connectivity index (χ3n) is 3.02. The van der Waals surface area contributed by atoms with Crippen molar-refractivity contribution in [2.24, 2.45) is 0 Å². The number of aryl methyl sites for hydroxylation is 1. The van der Waals surface area contributed by atoms with Crippen molar-refractivity contribution < 1.29 is 0 Å². The minimum absolute atomic E-state index is 0.279. The number of hydrogen-bond acceptors (Lipinski definition) is 3. The molecule has 0 amide bonds. The van der Waals surface area contributed by atoms with Crippen LogP contribution in [-0.4, -0.2) is 9.97 Å². The van der Waals surface area contributed by atoms with Crippen LogP contribution in [-0.2, 0) is 6.54 Å². The molecule has 1 unspecified atom stereocenters. The molecule has 0 aliphatic rings. The molecule has 0 fully saturated rings. The molecule has 100 valence electrons. The first kappa shape index (κ1) is 14.0. The highest BCUT2D eigenvalue weighted by molar-refractivity contribution is 6.30. The summed E-state index contributed by atoms with van der Waals surface area (Å²) in [6, 6.07) is 8.25. The van der Waals surface area contributed by atoms with Gasteiger partial charge in [0.2, 0.25) is 0 Å². The Labute approximate surface area is 119 Å². The van der Waals surface area contributed by atoms with Crippen LogP contribution in [0.15, 0.2) is 36.7 Å². The molecule has 0 spiro atoms. The quantitative estimate of drug-likeness (QED) is 0.905. The van der Waals surface area contributed by atoms with E-state index in [2.05, 4.69) is 28.3 Å². The normalized spacial score (nSPS) is 12.4. The van der Waals surface area contributed by atoms with Crippen molar-refractivity contribution in [1.82, 2.24) is 15.3 Å². The largest absolute Gasteiger partial charge is 0.304 e. The lowest BCUT2D eigenvalue weighted by molar-refractivity contribution is 0.513. The van der Waals surface area contributed by atoms with E-state index in [1.807, 2.05) is 31.3 Å². The second-order valence-corrected chi connectivity index (χ2v) is 4.98. The number of aromatic nitrogens is 2. The lowest BCUT2D eigenvalue weighted by Crippen LogP contribution is -2.21. The smallest absolute Gasteiger partial charge is 0.0724 e. The van der Waals surface area contributed by atoms with E-state index in [9.17, 15) is 0 Å². The second kappa shape index (κ2) is 6.64. The summed E-state index contributed by atoms with van der Waals surface area (Å²) in [5.74, 6) is 0. The minimum Gasteiger partial charge on any atom is -0.304 e. The molecular weight excluding hydrogens is 258 g/mol. The summed E-state index contributed by atoms with van der Waals surface area (Å²) in [7, 11) is 0. The third kappa shape index (κ3) is 4.01. The molecule has 2 rings (SSSR count). The van der Waals surface area contributed by atoms with Crippen LogP contribution in [0.25, 0.3) is 0 Å². The monoisotopic (exact) mass is 275 g/mol. The highest BCUT2D eigenvalue weighted by atomic mass is 35.5. The molecule has 0 aliphatic carbocycles. The van der Waals surface area contributed by atoms with Gasteiger partial charge in [0.25, 0.3) is 0 Å². The molecule has 1 N–H and O–H groups in total. The summed E-state index contributed by atoms with van der Waals surface area (Å²) in [6.45, 7) is 4.79. The molecule has 1 atom stereocenters. The van der Waals surface area contributed by atoms with E-state index in [0.29, 0.717) is 6.54 Å². The zero-order valence-electron chi connectivity index (χ0n) is 11.2. The van der Waals surface area contributed by atoms with Gasteiger partial charge in [-0.2, -0.15) is 0 Å². The number of hydrogen-bond donors (Lipinski definition) is 1. The van der Waals surface area contributed by atoms with Crippen molar-refractivity contribution >= 4 is 11.6 Å². The summed E-state index contributed by atoms with van der Waals surface area (Å²) in [4.78, 5) is 8.59. The van der Waals surface area contributed by atoms with Crippen molar-refractivity contribution in [2.75, 3.05) is 0 Å². The van der Waals surface area contributed by atoms with Gasteiger partial charge in [-0.1, -0.05) is 30.7 Å². The van der Waals surface area contributed by atoms with E-state index in [1.165, 1.54) is 5.56 Å². The van der Waals surface area contributed by atoms with E-state index in [-0.39, 0.29) is 6.04 Å². The Morgan fingerprint density at radius 1 is 1.26 bits per heavy atom. The van der Waals surface area contributed by atoms with Crippen LogP contribution in [0.5, 0.6) is 0 Å². The first-order chi connectivity index (χ1) is 9.19. The van der Waals surface area contributed by atoms with Crippen molar-refractivity contribution in [2.45, 2.75) is 32.9 Å². The van der Waals surface area contributed by atoms with Gasteiger partial charge in [-0.3, -0.25) is 9.97 Å².